The van der Waals surface area contributed by atoms with Crippen molar-refractivity contribution < 1.29 is 5.11 Å². The number of fused-ring (bicyclic) bond motifs is 1. The molecule has 18 heavy (non-hydrogen) atoms. The zero-order valence-electron chi connectivity index (χ0n) is 10.7. The maximum Gasteiger partial charge on any atom is 0.123 e. The Morgan fingerprint density at radius 2 is 2.28 bits per heavy atom. The van der Waals surface area contributed by atoms with E-state index in [0.29, 0.717) is 11.6 Å². The van der Waals surface area contributed by atoms with Gasteiger partial charge < -0.3 is 15.0 Å². The summed E-state index contributed by atoms with van der Waals surface area (Å²) in [6, 6.07) is 5.72. The van der Waals surface area contributed by atoms with Crippen LogP contribution in [0.15, 0.2) is 18.2 Å². The van der Waals surface area contributed by atoms with Gasteiger partial charge in [0, 0.05) is 12.1 Å². The number of nitrogens with zero attached hydrogens (tertiary/aromatic N) is 2. The number of rotatable bonds is 5. The Balaban J connectivity index is 2.07. The highest BCUT2D eigenvalue weighted by Crippen LogP contribution is 2.19. The zero-order valence-corrected chi connectivity index (χ0v) is 11.4. The van der Waals surface area contributed by atoms with Crippen molar-refractivity contribution >= 4 is 22.6 Å². The number of benzene rings is 1. The number of imidazole rings is 1. The summed E-state index contributed by atoms with van der Waals surface area (Å²) in [6.07, 6.45) is 0.479. The standard InChI is InChI=1S/C13H18ClN3O/c1-9(18)5-6-15-8-13-16-11-7-10(14)3-4-12(11)17(13)2/h3-4,7,9,15,18H,5-6,8H2,1-2H3. The van der Waals surface area contributed by atoms with Gasteiger partial charge in [0.05, 0.1) is 23.7 Å². The highest BCUT2D eigenvalue weighted by atomic mass is 35.5. The second-order valence-electron chi connectivity index (χ2n) is 4.53. The second-order valence-corrected chi connectivity index (χ2v) is 4.97. The lowest BCUT2D eigenvalue weighted by Crippen LogP contribution is -2.20. The van der Waals surface area contributed by atoms with Gasteiger partial charge in [-0.2, -0.15) is 0 Å². The van der Waals surface area contributed by atoms with E-state index in [1.54, 1.807) is 6.92 Å². The first-order valence-corrected chi connectivity index (χ1v) is 6.45. The maximum atomic E-state index is 9.17. The van der Waals surface area contributed by atoms with Crippen LogP contribution in [0.3, 0.4) is 0 Å². The summed E-state index contributed by atoms with van der Waals surface area (Å²) in [4.78, 5) is 4.54. The molecule has 0 bridgehead atoms. The molecule has 1 aromatic heterocycles. The fraction of sp³-hybridized carbons (Fsp3) is 0.462. The number of halogens is 1. The van der Waals surface area contributed by atoms with Gasteiger partial charge in [0.1, 0.15) is 5.82 Å². The Hall–Kier alpha value is -1.10. The zero-order chi connectivity index (χ0) is 13.1. The molecular weight excluding hydrogens is 250 g/mol. The monoisotopic (exact) mass is 267 g/mol. The maximum absolute atomic E-state index is 9.17. The second kappa shape index (κ2) is 5.69. The molecule has 0 aliphatic heterocycles. The summed E-state index contributed by atoms with van der Waals surface area (Å²) >= 11 is 5.95. The number of hydrogen-bond acceptors (Lipinski definition) is 3. The van der Waals surface area contributed by atoms with Gasteiger partial charge in [0.15, 0.2) is 0 Å². The molecule has 0 amide bonds. The van der Waals surface area contributed by atoms with E-state index in [4.69, 9.17) is 11.6 Å². The fourth-order valence-electron chi connectivity index (χ4n) is 1.89. The summed E-state index contributed by atoms with van der Waals surface area (Å²) in [5.74, 6) is 0.970. The van der Waals surface area contributed by atoms with Crippen LogP contribution in [0, 0.1) is 0 Å². The average molecular weight is 268 g/mol. The van der Waals surface area contributed by atoms with Gasteiger partial charge in [-0.1, -0.05) is 11.6 Å². The van der Waals surface area contributed by atoms with Gasteiger partial charge in [-0.15, -0.1) is 0 Å². The fourth-order valence-corrected chi connectivity index (χ4v) is 2.06. The first-order chi connectivity index (χ1) is 8.58. The van der Waals surface area contributed by atoms with Crippen LogP contribution in [0.1, 0.15) is 19.2 Å². The normalized spacial score (nSPS) is 13.1. The molecule has 1 heterocycles. The first-order valence-electron chi connectivity index (χ1n) is 6.07. The molecule has 2 rings (SSSR count). The predicted octanol–water partition coefficient (Wildman–Crippen LogP) is 2.09. The minimum atomic E-state index is -0.267. The molecule has 4 nitrogen and oxygen atoms in total. The lowest BCUT2D eigenvalue weighted by Gasteiger charge is -2.06. The SMILES string of the molecule is CC(O)CCNCc1nc2cc(Cl)ccc2n1C. The van der Waals surface area contributed by atoms with Gasteiger partial charge in [0.2, 0.25) is 0 Å². The molecule has 5 heteroatoms. The summed E-state index contributed by atoms with van der Waals surface area (Å²) < 4.78 is 2.06. The molecule has 1 atom stereocenters. The van der Waals surface area contributed by atoms with Crippen molar-refractivity contribution in [3.8, 4) is 0 Å². The number of aliphatic hydroxyl groups is 1. The number of hydrogen-bond donors (Lipinski definition) is 2. The van der Waals surface area contributed by atoms with Crippen LogP contribution in [0.5, 0.6) is 0 Å². The lowest BCUT2D eigenvalue weighted by atomic mass is 10.3. The Morgan fingerprint density at radius 1 is 1.50 bits per heavy atom. The molecule has 0 spiro atoms. The van der Waals surface area contributed by atoms with Gasteiger partial charge in [0.25, 0.3) is 0 Å². The summed E-state index contributed by atoms with van der Waals surface area (Å²) in [5, 5.41) is 13.1. The van der Waals surface area contributed by atoms with E-state index in [1.165, 1.54) is 0 Å². The van der Waals surface area contributed by atoms with Crippen LogP contribution in [0.2, 0.25) is 5.02 Å². The predicted molar refractivity (Wildman–Crippen MR) is 73.7 cm³/mol. The number of aliphatic hydroxyl groups excluding tert-OH is 1. The van der Waals surface area contributed by atoms with Crippen LogP contribution in [0.4, 0.5) is 0 Å². The topological polar surface area (TPSA) is 50.1 Å². The van der Waals surface area contributed by atoms with Crippen molar-refractivity contribution in [2.24, 2.45) is 7.05 Å². The van der Waals surface area contributed by atoms with Gasteiger partial charge in [-0.25, -0.2) is 4.98 Å². The molecule has 98 valence electrons. The average Bonchev–Trinajstić information content (AvgIpc) is 2.61. The number of aromatic nitrogens is 2. The van der Waals surface area contributed by atoms with Crippen LogP contribution < -0.4 is 5.32 Å². The molecule has 1 unspecified atom stereocenters. The smallest absolute Gasteiger partial charge is 0.123 e. The molecule has 0 radical (unpaired) electrons. The van der Waals surface area contributed by atoms with E-state index in [-0.39, 0.29) is 6.10 Å². The summed E-state index contributed by atoms with van der Waals surface area (Å²) in [7, 11) is 1.99. The molecule has 0 saturated heterocycles. The van der Waals surface area contributed by atoms with E-state index in [2.05, 4.69) is 14.9 Å². The van der Waals surface area contributed by atoms with Crippen molar-refractivity contribution in [1.82, 2.24) is 14.9 Å². The number of nitrogens with one attached hydrogen (secondary N) is 1. The first kappa shape index (κ1) is 13.3. The van der Waals surface area contributed by atoms with E-state index in [0.717, 1.165) is 29.8 Å². The van der Waals surface area contributed by atoms with Crippen LogP contribution in [-0.2, 0) is 13.6 Å². The Morgan fingerprint density at radius 3 is 3.00 bits per heavy atom. The third kappa shape index (κ3) is 3.02. The molecule has 0 fully saturated rings. The van der Waals surface area contributed by atoms with Gasteiger partial charge in [-0.05, 0) is 38.1 Å². The summed E-state index contributed by atoms with van der Waals surface area (Å²) in [6.45, 7) is 3.26. The quantitative estimate of drug-likeness (QED) is 0.816. The molecule has 0 saturated carbocycles. The van der Waals surface area contributed by atoms with Crippen molar-refractivity contribution in [3.05, 3.63) is 29.0 Å². The lowest BCUT2D eigenvalue weighted by molar-refractivity contribution is 0.183. The summed E-state index contributed by atoms with van der Waals surface area (Å²) in [5.41, 5.74) is 1.99. The third-order valence-corrected chi connectivity index (χ3v) is 3.19. The van der Waals surface area contributed by atoms with E-state index >= 15 is 0 Å². The van der Waals surface area contributed by atoms with E-state index in [1.807, 2.05) is 25.2 Å². The van der Waals surface area contributed by atoms with E-state index < -0.39 is 0 Å². The molecule has 0 aliphatic carbocycles. The van der Waals surface area contributed by atoms with Crippen LogP contribution >= 0.6 is 11.6 Å². The molecule has 1 aromatic carbocycles. The van der Waals surface area contributed by atoms with Crippen molar-refractivity contribution in [1.29, 1.82) is 0 Å². The molecule has 0 aliphatic rings. The number of aryl methyl sites for hydroxylation is 1. The molecular formula is C13H18ClN3O. The van der Waals surface area contributed by atoms with Gasteiger partial charge in [-0.3, -0.25) is 0 Å². The van der Waals surface area contributed by atoms with Crippen molar-refractivity contribution in [2.75, 3.05) is 6.54 Å². The minimum Gasteiger partial charge on any atom is -0.393 e. The Kier molecular flexibility index (Phi) is 4.22. The van der Waals surface area contributed by atoms with Crippen molar-refractivity contribution in [3.63, 3.8) is 0 Å². The van der Waals surface area contributed by atoms with Crippen LogP contribution in [-0.4, -0.2) is 27.3 Å². The highest BCUT2D eigenvalue weighted by molar-refractivity contribution is 6.31. The minimum absolute atomic E-state index is 0.267. The largest absolute Gasteiger partial charge is 0.393 e. The van der Waals surface area contributed by atoms with Crippen molar-refractivity contribution in [2.45, 2.75) is 26.0 Å². The third-order valence-electron chi connectivity index (χ3n) is 2.96. The Labute approximate surface area is 112 Å². The molecule has 2 aromatic rings. The van der Waals surface area contributed by atoms with Gasteiger partial charge >= 0.3 is 0 Å². The molecule has 2 N–H and O–H groups in total. The highest BCUT2D eigenvalue weighted by Gasteiger charge is 2.07. The van der Waals surface area contributed by atoms with Crippen LogP contribution in [0.25, 0.3) is 11.0 Å². The van der Waals surface area contributed by atoms with E-state index in [9.17, 15) is 5.11 Å². The Bertz CT molecular complexity index is 536.